The fourth-order valence-electron chi connectivity index (χ4n) is 3.24. The lowest BCUT2D eigenvalue weighted by Gasteiger charge is -2.31. The van der Waals surface area contributed by atoms with Gasteiger partial charge in [-0.25, -0.2) is 17.6 Å². The molecule has 0 saturated heterocycles. The van der Waals surface area contributed by atoms with E-state index < -0.39 is 16.1 Å². The first-order valence-electron chi connectivity index (χ1n) is 9.31. The third kappa shape index (κ3) is 4.81. The van der Waals surface area contributed by atoms with E-state index >= 15 is 0 Å². The van der Waals surface area contributed by atoms with Gasteiger partial charge in [0, 0.05) is 18.8 Å². The number of aryl methyl sites for hydroxylation is 1. The number of benzene rings is 2. The average molecular weight is 405 g/mol. The average Bonchev–Trinajstić information content (AvgIpc) is 2.67. The number of fused-ring (bicyclic) bond motifs is 1. The lowest BCUT2D eigenvalue weighted by atomic mass is 10.0. The Hall–Kier alpha value is -2.61. The number of carbonyl (C=O) groups is 1. The zero-order chi connectivity index (χ0) is 20.1. The maximum absolute atomic E-state index is 12.9. The van der Waals surface area contributed by atoms with Crippen LogP contribution in [0.25, 0.3) is 0 Å². The van der Waals surface area contributed by atoms with Crippen molar-refractivity contribution < 1.29 is 17.6 Å². The normalized spacial score (nSPS) is 13.7. The van der Waals surface area contributed by atoms with E-state index in [1.54, 1.807) is 24.3 Å². The van der Waals surface area contributed by atoms with Crippen LogP contribution in [-0.4, -0.2) is 26.7 Å². The number of sulfonamides is 1. The number of carbonyl (C=O) groups excluding carboxylic acids is 1. The Labute approximate surface area is 164 Å². The molecule has 150 valence electrons. The topological polar surface area (TPSA) is 78.5 Å². The van der Waals surface area contributed by atoms with Gasteiger partial charge >= 0.3 is 6.03 Å². The van der Waals surface area contributed by atoms with E-state index in [9.17, 15) is 17.6 Å². The third-order valence-corrected chi connectivity index (χ3v) is 6.56. The molecule has 0 spiro atoms. The first kappa shape index (κ1) is 20.1. The van der Waals surface area contributed by atoms with E-state index in [1.165, 1.54) is 16.4 Å². The molecule has 0 atom stereocenters. The number of amides is 2. The van der Waals surface area contributed by atoms with Gasteiger partial charge in [0.15, 0.2) is 0 Å². The summed E-state index contributed by atoms with van der Waals surface area (Å²) in [4.78, 5) is 12.2. The first-order chi connectivity index (χ1) is 13.4. The Bertz CT molecular complexity index is 946. The van der Waals surface area contributed by atoms with E-state index in [0.717, 1.165) is 24.0 Å². The van der Waals surface area contributed by atoms with E-state index in [4.69, 9.17) is 0 Å². The summed E-state index contributed by atoms with van der Waals surface area (Å²) in [5.74, 6) is -0.229. The molecular weight excluding hydrogens is 381 g/mol. The van der Waals surface area contributed by atoms with E-state index in [2.05, 4.69) is 10.6 Å². The Morgan fingerprint density at radius 2 is 1.93 bits per heavy atom. The SMILES string of the molecule is CCCS(=O)(=O)N1CCCc2ccc(NC(=O)NCc3ccc(F)cc3)cc21. The number of rotatable bonds is 6. The van der Waals surface area contributed by atoms with Crippen molar-refractivity contribution in [1.29, 1.82) is 0 Å². The molecule has 2 aromatic carbocycles. The van der Waals surface area contributed by atoms with Crippen LogP contribution in [0.4, 0.5) is 20.6 Å². The van der Waals surface area contributed by atoms with Crippen LogP contribution in [0.15, 0.2) is 42.5 Å². The lowest BCUT2D eigenvalue weighted by Crippen LogP contribution is -2.37. The number of hydrogen-bond acceptors (Lipinski definition) is 3. The van der Waals surface area contributed by atoms with Gasteiger partial charge in [0.1, 0.15) is 5.82 Å². The number of nitrogens with zero attached hydrogens (tertiary/aromatic N) is 1. The molecule has 0 fully saturated rings. The van der Waals surface area contributed by atoms with Gasteiger partial charge in [0.2, 0.25) is 10.0 Å². The van der Waals surface area contributed by atoms with Crippen molar-refractivity contribution in [3.05, 3.63) is 59.4 Å². The minimum atomic E-state index is -3.37. The highest BCUT2D eigenvalue weighted by Gasteiger charge is 2.27. The molecule has 1 aliphatic rings. The van der Waals surface area contributed by atoms with E-state index in [-0.39, 0.29) is 18.1 Å². The Morgan fingerprint density at radius 3 is 2.64 bits per heavy atom. The quantitative estimate of drug-likeness (QED) is 0.770. The highest BCUT2D eigenvalue weighted by Crippen LogP contribution is 2.32. The molecule has 0 aliphatic carbocycles. The van der Waals surface area contributed by atoms with Gasteiger partial charge in [0.05, 0.1) is 11.4 Å². The first-order valence-corrected chi connectivity index (χ1v) is 10.9. The zero-order valence-corrected chi connectivity index (χ0v) is 16.6. The van der Waals surface area contributed by atoms with Crippen LogP contribution in [0.5, 0.6) is 0 Å². The number of nitrogens with one attached hydrogen (secondary N) is 2. The number of hydrogen-bond donors (Lipinski definition) is 2. The van der Waals surface area contributed by atoms with Crippen LogP contribution in [0.3, 0.4) is 0 Å². The summed E-state index contributed by atoms with van der Waals surface area (Å²) in [6, 6.07) is 10.8. The lowest BCUT2D eigenvalue weighted by molar-refractivity contribution is 0.251. The van der Waals surface area contributed by atoms with Crippen LogP contribution in [0.1, 0.15) is 30.9 Å². The van der Waals surface area contributed by atoms with Gasteiger partial charge < -0.3 is 10.6 Å². The molecular formula is C20H24FN3O3S. The van der Waals surface area contributed by atoms with Crippen LogP contribution in [0.2, 0.25) is 0 Å². The minimum absolute atomic E-state index is 0.0995. The third-order valence-electron chi connectivity index (χ3n) is 4.58. The molecule has 1 aliphatic heterocycles. The number of urea groups is 1. The van der Waals surface area contributed by atoms with Gasteiger partial charge in [0.25, 0.3) is 0 Å². The van der Waals surface area contributed by atoms with Gasteiger partial charge in [-0.2, -0.15) is 0 Å². The number of halogens is 1. The minimum Gasteiger partial charge on any atom is -0.334 e. The van der Waals surface area contributed by atoms with E-state index in [0.29, 0.717) is 24.3 Å². The second kappa shape index (κ2) is 8.60. The maximum atomic E-state index is 12.9. The highest BCUT2D eigenvalue weighted by molar-refractivity contribution is 7.92. The zero-order valence-electron chi connectivity index (χ0n) is 15.7. The van der Waals surface area contributed by atoms with Gasteiger partial charge in [-0.15, -0.1) is 0 Å². The van der Waals surface area contributed by atoms with Crippen LogP contribution in [0, 0.1) is 5.82 Å². The predicted molar refractivity (Wildman–Crippen MR) is 108 cm³/mol. The molecule has 6 nitrogen and oxygen atoms in total. The Morgan fingerprint density at radius 1 is 1.18 bits per heavy atom. The summed E-state index contributed by atoms with van der Waals surface area (Å²) in [5.41, 5.74) is 2.90. The van der Waals surface area contributed by atoms with Crippen LogP contribution in [-0.2, 0) is 23.0 Å². The van der Waals surface area contributed by atoms with Crippen molar-refractivity contribution in [3.63, 3.8) is 0 Å². The van der Waals surface area contributed by atoms with Crippen molar-refractivity contribution in [2.75, 3.05) is 21.9 Å². The van der Waals surface area contributed by atoms with Gasteiger partial charge in [-0.05, 0) is 54.7 Å². The second-order valence-corrected chi connectivity index (χ2v) is 8.78. The largest absolute Gasteiger partial charge is 0.334 e. The van der Waals surface area contributed by atoms with E-state index in [1.807, 2.05) is 13.0 Å². The van der Waals surface area contributed by atoms with Crippen molar-refractivity contribution in [1.82, 2.24) is 5.32 Å². The molecule has 3 rings (SSSR count). The summed E-state index contributed by atoms with van der Waals surface area (Å²) in [7, 11) is -3.37. The van der Waals surface area contributed by atoms with Crippen molar-refractivity contribution in [2.45, 2.75) is 32.7 Å². The van der Waals surface area contributed by atoms with Crippen molar-refractivity contribution >= 4 is 27.4 Å². The fourth-order valence-corrected chi connectivity index (χ4v) is 4.85. The van der Waals surface area contributed by atoms with Gasteiger partial charge in [-0.3, -0.25) is 4.31 Å². The van der Waals surface area contributed by atoms with Crippen molar-refractivity contribution in [2.24, 2.45) is 0 Å². The smallest absolute Gasteiger partial charge is 0.319 e. The molecule has 2 aromatic rings. The molecule has 0 bridgehead atoms. The van der Waals surface area contributed by atoms with Crippen LogP contribution < -0.4 is 14.9 Å². The maximum Gasteiger partial charge on any atom is 0.319 e. The Kier molecular flexibility index (Phi) is 6.18. The molecule has 0 saturated carbocycles. The summed E-state index contributed by atoms with van der Waals surface area (Å²) in [6.45, 7) is 2.55. The molecule has 1 heterocycles. The molecule has 0 unspecified atom stereocenters. The molecule has 8 heteroatoms. The highest BCUT2D eigenvalue weighted by atomic mass is 32.2. The second-order valence-electron chi connectivity index (χ2n) is 6.77. The summed E-state index contributed by atoms with van der Waals surface area (Å²) in [6.07, 6.45) is 2.14. The molecule has 2 N–H and O–H groups in total. The monoisotopic (exact) mass is 405 g/mol. The standard InChI is InChI=1S/C20H24FN3O3S/c1-2-12-28(26,27)24-11-3-4-16-7-10-18(13-19(16)24)23-20(25)22-14-15-5-8-17(21)9-6-15/h5-10,13H,2-4,11-12,14H2,1H3,(H2,22,23,25). The summed E-state index contributed by atoms with van der Waals surface area (Å²) >= 11 is 0. The summed E-state index contributed by atoms with van der Waals surface area (Å²) in [5, 5.41) is 5.44. The van der Waals surface area contributed by atoms with Crippen LogP contribution >= 0.6 is 0 Å². The molecule has 28 heavy (non-hydrogen) atoms. The predicted octanol–water partition coefficient (Wildman–Crippen LogP) is 3.64. The molecule has 0 radical (unpaired) electrons. The fraction of sp³-hybridized carbons (Fsp3) is 0.350. The summed E-state index contributed by atoms with van der Waals surface area (Å²) < 4.78 is 39.5. The van der Waals surface area contributed by atoms with Crippen molar-refractivity contribution in [3.8, 4) is 0 Å². The molecule has 2 amide bonds. The molecule has 0 aromatic heterocycles. The Balaban J connectivity index is 1.70. The number of anilines is 2. The van der Waals surface area contributed by atoms with Gasteiger partial charge in [-0.1, -0.05) is 25.1 Å².